The van der Waals surface area contributed by atoms with Crippen LogP contribution in [0.5, 0.6) is 0 Å². The first-order valence-corrected chi connectivity index (χ1v) is 5.75. The van der Waals surface area contributed by atoms with E-state index in [4.69, 9.17) is 0 Å². The predicted octanol–water partition coefficient (Wildman–Crippen LogP) is 2.78. The van der Waals surface area contributed by atoms with Crippen molar-refractivity contribution in [1.82, 2.24) is 9.97 Å². The predicted molar refractivity (Wildman–Crippen MR) is 58.0 cm³/mol. The largest absolute Gasteiger partial charge is 0.294 e. The SMILES string of the molecule is CC(=O)c1cnc(-c2nc(C)cs2)s1. The van der Waals surface area contributed by atoms with Crippen LogP contribution in [-0.4, -0.2) is 15.8 Å². The van der Waals surface area contributed by atoms with Crippen LogP contribution in [-0.2, 0) is 0 Å². The number of thiazole rings is 2. The molecule has 0 aromatic carbocycles. The van der Waals surface area contributed by atoms with Gasteiger partial charge in [0, 0.05) is 24.2 Å². The van der Waals surface area contributed by atoms with Gasteiger partial charge in [0.25, 0.3) is 0 Å². The summed E-state index contributed by atoms with van der Waals surface area (Å²) in [7, 11) is 0. The van der Waals surface area contributed by atoms with E-state index in [9.17, 15) is 4.79 Å². The maximum Gasteiger partial charge on any atom is 0.171 e. The van der Waals surface area contributed by atoms with E-state index in [1.165, 1.54) is 11.3 Å². The molecule has 0 radical (unpaired) electrons. The summed E-state index contributed by atoms with van der Waals surface area (Å²) >= 11 is 2.95. The maximum atomic E-state index is 11.0. The number of rotatable bonds is 2. The lowest BCUT2D eigenvalue weighted by molar-refractivity contribution is 0.102. The Kier molecular flexibility index (Phi) is 2.43. The van der Waals surface area contributed by atoms with E-state index < -0.39 is 0 Å². The molecule has 72 valence electrons. The number of aromatic nitrogens is 2. The minimum atomic E-state index is 0.0574. The highest BCUT2D eigenvalue weighted by atomic mass is 32.1. The van der Waals surface area contributed by atoms with Gasteiger partial charge in [0.2, 0.25) is 0 Å². The first-order valence-electron chi connectivity index (χ1n) is 4.06. The summed E-state index contributed by atoms with van der Waals surface area (Å²) in [5.41, 5.74) is 0.990. The lowest BCUT2D eigenvalue weighted by Gasteiger charge is -1.85. The number of Topliss-reactive ketones (excluding diaryl/α,β-unsaturated/α-hetero) is 1. The fourth-order valence-electron chi connectivity index (χ4n) is 0.988. The lowest BCUT2D eigenvalue weighted by atomic mass is 10.4. The van der Waals surface area contributed by atoms with Crippen molar-refractivity contribution in [3.8, 4) is 10.0 Å². The molecule has 5 heteroatoms. The summed E-state index contributed by atoms with van der Waals surface area (Å²) in [6.45, 7) is 3.49. The highest BCUT2D eigenvalue weighted by Gasteiger charge is 2.10. The van der Waals surface area contributed by atoms with Gasteiger partial charge < -0.3 is 0 Å². The number of carbonyl (C=O) groups excluding carboxylic acids is 1. The Morgan fingerprint density at radius 3 is 2.71 bits per heavy atom. The van der Waals surface area contributed by atoms with E-state index in [1.807, 2.05) is 12.3 Å². The highest BCUT2D eigenvalue weighted by Crippen LogP contribution is 2.27. The minimum absolute atomic E-state index is 0.0574. The molecule has 0 bridgehead atoms. The fraction of sp³-hybridized carbons (Fsp3) is 0.222. The highest BCUT2D eigenvalue weighted by molar-refractivity contribution is 7.21. The van der Waals surface area contributed by atoms with Crippen molar-refractivity contribution in [1.29, 1.82) is 0 Å². The van der Waals surface area contributed by atoms with Gasteiger partial charge in [-0.05, 0) is 6.92 Å². The molecule has 2 aromatic rings. The number of hydrogen-bond acceptors (Lipinski definition) is 5. The second-order valence-corrected chi connectivity index (χ2v) is 4.77. The van der Waals surface area contributed by atoms with Crippen LogP contribution in [0.15, 0.2) is 11.6 Å². The second-order valence-electron chi connectivity index (χ2n) is 2.88. The van der Waals surface area contributed by atoms with Crippen LogP contribution >= 0.6 is 22.7 Å². The third-order valence-corrected chi connectivity index (χ3v) is 3.86. The molecular formula is C9H8N2OS2. The van der Waals surface area contributed by atoms with Crippen molar-refractivity contribution in [3.63, 3.8) is 0 Å². The third kappa shape index (κ3) is 1.73. The Balaban J connectivity index is 2.38. The van der Waals surface area contributed by atoms with Crippen LogP contribution in [0, 0.1) is 6.92 Å². The quantitative estimate of drug-likeness (QED) is 0.737. The zero-order chi connectivity index (χ0) is 10.1. The average Bonchev–Trinajstić information content (AvgIpc) is 2.70. The zero-order valence-corrected chi connectivity index (χ0v) is 9.41. The molecule has 0 saturated heterocycles. The molecule has 3 nitrogen and oxygen atoms in total. The molecular weight excluding hydrogens is 216 g/mol. The van der Waals surface area contributed by atoms with E-state index >= 15 is 0 Å². The number of hydrogen-bond donors (Lipinski definition) is 0. The van der Waals surface area contributed by atoms with Crippen LogP contribution < -0.4 is 0 Å². The Labute approximate surface area is 89.5 Å². The van der Waals surface area contributed by atoms with Crippen molar-refractivity contribution in [2.75, 3.05) is 0 Å². The van der Waals surface area contributed by atoms with Gasteiger partial charge in [-0.15, -0.1) is 22.7 Å². The van der Waals surface area contributed by atoms with Crippen LogP contribution in [0.2, 0.25) is 0 Å². The van der Waals surface area contributed by atoms with Gasteiger partial charge in [-0.2, -0.15) is 0 Å². The topological polar surface area (TPSA) is 42.9 Å². The molecule has 0 saturated carbocycles. The number of aryl methyl sites for hydroxylation is 1. The zero-order valence-electron chi connectivity index (χ0n) is 7.77. The number of carbonyl (C=O) groups is 1. The van der Waals surface area contributed by atoms with Crippen molar-refractivity contribution < 1.29 is 4.79 Å². The Hall–Kier alpha value is -1.07. The Bertz CT molecular complexity index is 473. The molecule has 14 heavy (non-hydrogen) atoms. The normalized spacial score (nSPS) is 10.4. The fourth-order valence-corrected chi connectivity index (χ4v) is 2.64. The molecule has 0 spiro atoms. The monoisotopic (exact) mass is 224 g/mol. The summed E-state index contributed by atoms with van der Waals surface area (Å²) in [5.74, 6) is 0.0574. The van der Waals surface area contributed by atoms with E-state index in [0.717, 1.165) is 15.7 Å². The van der Waals surface area contributed by atoms with Crippen molar-refractivity contribution in [2.24, 2.45) is 0 Å². The summed E-state index contributed by atoms with van der Waals surface area (Å²) in [4.78, 5) is 20.2. The lowest BCUT2D eigenvalue weighted by Crippen LogP contribution is -1.83. The molecule has 0 aliphatic carbocycles. The standard InChI is InChI=1S/C9H8N2OS2/c1-5-4-13-9(11-5)8-10-3-7(14-8)6(2)12/h3-4H,1-2H3. The molecule has 0 unspecified atom stereocenters. The van der Waals surface area contributed by atoms with Crippen molar-refractivity contribution >= 4 is 28.5 Å². The summed E-state index contributed by atoms with van der Waals surface area (Å²) in [6, 6.07) is 0. The van der Waals surface area contributed by atoms with Gasteiger partial charge in [-0.1, -0.05) is 0 Å². The van der Waals surface area contributed by atoms with E-state index in [0.29, 0.717) is 4.88 Å². The first-order chi connectivity index (χ1) is 6.66. The Morgan fingerprint density at radius 2 is 2.21 bits per heavy atom. The van der Waals surface area contributed by atoms with Crippen molar-refractivity contribution in [2.45, 2.75) is 13.8 Å². The first kappa shape index (κ1) is 9.48. The van der Waals surface area contributed by atoms with E-state index in [2.05, 4.69) is 9.97 Å². The third-order valence-electron chi connectivity index (χ3n) is 1.65. The van der Waals surface area contributed by atoms with E-state index in [-0.39, 0.29) is 5.78 Å². The maximum absolute atomic E-state index is 11.0. The molecule has 0 atom stereocenters. The van der Waals surface area contributed by atoms with Gasteiger partial charge >= 0.3 is 0 Å². The smallest absolute Gasteiger partial charge is 0.171 e. The van der Waals surface area contributed by atoms with E-state index in [1.54, 1.807) is 24.5 Å². The van der Waals surface area contributed by atoms with Gasteiger partial charge in [0.05, 0.1) is 4.88 Å². The molecule has 0 aliphatic rings. The van der Waals surface area contributed by atoms with Crippen LogP contribution in [0.4, 0.5) is 0 Å². The summed E-state index contributed by atoms with van der Waals surface area (Å²) < 4.78 is 0. The second kappa shape index (κ2) is 3.59. The molecule has 0 aliphatic heterocycles. The minimum Gasteiger partial charge on any atom is -0.294 e. The Morgan fingerprint density at radius 1 is 1.43 bits per heavy atom. The van der Waals surface area contributed by atoms with Gasteiger partial charge in [0.15, 0.2) is 15.8 Å². The number of nitrogens with zero attached hydrogens (tertiary/aromatic N) is 2. The van der Waals surface area contributed by atoms with Gasteiger partial charge in [-0.25, -0.2) is 9.97 Å². The van der Waals surface area contributed by atoms with Gasteiger partial charge in [-0.3, -0.25) is 4.79 Å². The molecule has 2 rings (SSSR count). The molecule has 2 aromatic heterocycles. The van der Waals surface area contributed by atoms with Crippen LogP contribution in [0.25, 0.3) is 10.0 Å². The molecule has 0 amide bonds. The summed E-state index contributed by atoms with van der Waals surface area (Å²) in [5, 5.41) is 3.69. The van der Waals surface area contributed by atoms with Crippen LogP contribution in [0.3, 0.4) is 0 Å². The summed E-state index contributed by atoms with van der Waals surface area (Å²) in [6.07, 6.45) is 1.61. The molecule has 0 N–H and O–H groups in total. The number of ketones is 1. The van der Waals surface area contributed by atoms with Crippen molar-refractivity contribution in [3.05, 3.63) is 22.1 Å². The van der Waals surface area contributed by atoms with Crippen LogP contribution in [0.1, 0.15) is 22.3 Å². The molecule has 2 heterocycles. The van der Waals surface area contributed by atoms with Gasteiger partial charge in [0.1, 0.15) is 0 Å². The average molecular weight is 224 g/mol. The molecule has 0 fully saturated rings.